The normalized spacial score (nSPS) is 25.6. The van der Waals surface area contributed by atoms with Gasteiger partial charge in [0.25, 0.3) is 0 Å². The van der Waals surface area contributed by atoms with Crippen molar-refractivity contribution in [3.05, 3.63) is 48.0 Å². The van der Waals surface area contributed by atoms with Crippen LogP contribution in [0.5, 0.6) is 0 Å². The van der Waals surface area contributed by atoms with Crippen molar-refractivity contribution in [3.63, 3.8) is 0 Å². The molecule has 9 nitrogen and oxygen atoms in total. The van der Waals surface area contributed by atoms with Crippen LogP contribution in [0.3, 0.4) is 0 Å². The van der Waals surface area contributed by atoms with Crippen LogP contribution >= 0.6 is 0 Å². The highest BCUT2D eigenvalue weighted by atomic mass is 19.4. The van der Waals surface area contributed by atoms with Gasteiger partial charge in [-0.3, -0.25) is 14.5 Å². The van der Waals surface area contributed by atoms with Gasteiger partial charge in [-0.2, -0.15) is 13.2 Å². The lowest BCUT2D eigenvalue weighted by Gasteiger charge is -2.44. The molecule has 2 fully saturated rings. The van der Waals surface area contributed by atoms with Gasteiger partial charge in [0.2, 0.25) is 17.8 Å². The average molecular weight is 590 g/mol. The number of piperazine rings is 1. The molecule has 2 aromatic rings. The van der Waals surface area contributed by atoms with Crippen molar-refractivity contribution in [1.29, 1.82) is 0 Å². The fraction of sp³-hybridized carbons (Fsp3) is 0.517. The first kappa shape index (κ1) is 29.7. The Hall–Kier alpha value is -3.74. The van der Waals surface area contributed by atoms with Gasteiger partial charge in [0, 0.05) is 69.2 Å². The zero-order valence-electron chi connectivity index (χ0n) is 23.8. The Morgan fingerprint density at radius 1 is 1.10 bits per heavy atom. The van der Waals surface area contributed by atoms with E-state index < -0.39 is 48.6 Å². The predicted molar refractivity (Wildman–Crippen MR) is 151 cm³/mol. The molecule has 0 bridgehead atoms. The molecule has 4 heterocycles. The Morgan fingerprint density at radius 2 is 1.79 bits per heavy atom. The van der Waals surface area contributed by atoms with Gasteiger partial charge in [-0.15, -0.1) is 0 Å². The molecule has 5 rings (SSSR count). The van der Waals surface area contributed by atoms with Gasteiger partial charge in [-0.05, 0) is 51.1 Å². The number of hydrogen-bond donors (Lipinski definition) is 2. The molecule has 13 heteroatoms. The van der Waals surface area contributed by atoms with Gasteiger partial charge in [0.05, 0.1) is 23.2 Å². The summed E-state index contributed by atoms with van der Waals surface area (Å²) < 4.78 is 57.3. The lowest BCUT2D eigenvalue weighted by Crippen LogP contribution is -2.55. The standard InChI is InChI=1S/C29H35F4N7O2/c1-17-15-40(16-18(2)38(17)3)25-13-23(30)20(19-5-9-39(10-6-19)28-34-7-4-8-35-28)11-24(25)37-27(42)21-14-36-26(41)12-22(21)29(31,32)33/h4-5,7-8,11,13,17-18,21-22H,6,9-10,12,14-16H2,1-3H3,(H,36,41)(H,37,42)/t17-,18+,21?,22?. The zero-order chi connectivity index (χ0) is 30.2. The minimum absolute atomic E-state index is 0.121. The van der Waals surface area contributed by atoms with E-state index in [9.17, 15) is 22.8 Å². The zero-order valence-corrected chi connectivity index (χ0v) is 23.8. The van der Waals surface area contributed by atoms with E-state index in [2.05, 4.69) is 25.5 Å². The van der Waals surface area contributed by atoms with Crippen LogP contribution in [0, 0.1) is 17.7 Å². The smallest absolute Gasteiger partial charge is 0.367 e. The number of anilines is 3. The lowest BCUT2D eigenvalue weighted by molar-refractivity contribution is -0.197. The van der Waals surface area contributed by atoms with Crippen molar-refractivity contribution >= 4 is 34.7 Å². The van der Waals surface area contributed by atoms with Crippen LogP contribution in [0.1, 0.15) is 32.3 Å². The average Bonchev–Trinajstić information content (AvgIpc) is 2.96. The van der Waals surface area contributed by atoms with Crippen LogP contribution < -0.4 is 20.4 Å². The largest absolute Gasteiger partial charge is 0.393 e. The summed E-state index contributed by atoms with van der Waals surface area (Å²) in [6.45, 7) is 5.73. The summed E-state index contributed by atoms with van der Waals surface area (Å²) in [6, 6.07) is 4.86. The first-order chi connectivity index (χ1) is 19.9. The number of benzene rings is 1. The molecule has 2 amide bonds. The minimum atomic E-state index is -4.72. The second-order valence-electron chi connectivity index (χ2n) is 11.3. The number of piperidine rings is 1. The highest BCUT2D eigenvalue weighted by molar-refractivity contribution is 5.98. The van der Waals surface area contributed by atoms with Gasteiger partial charge >= 0.3 is 6.18 Å². The second-order valence-corrected chi connectivity index (χ2v) is 11.3. The van der Waals surface area contributed by atoms with E-state index in [4.69, 9.17) is 0 Å². The number of nitrogens with zero attached hydrogens (tertiary/aromatic N) is 5. The number of rotatable bonds is 5. The van der Waals surface area contributed by atoms with E-state index >= 15 is 4.39 Å². The van der Waals surface area contributed by atoms with Crippen molar-refractivity contribution in [1.82, 2.24) is 20.2 Å². The fourth-order valence-electron chi connectivity index (χ4n) is 5.95. The quantitative estimate of drug-likeness (QED) is 0.514. The predicted octanol–water partition coefficient (Wildman–Crippen LogP) is 3.69. The number of amides is 2. The van der Waals surface area contributed by atoms with E-state index in [1.807, 2.05) is 36.8 Å². The molecule has 4 atom stereocenters. The Morgan fingerprint density at radius 3 is 2.40 bits per heavy atom. The molecule has 3 aliphatic rings. The van der Waals surface area contributed by atoms with Crippen LogP contribution in [0.25, 0.3) is 5.57 Å². The van der Waals surface area contributed by atoms with E-state index in [0.29, 0.717) is 44.2 Å². The van der Waals surface area contributed by atoms with Crippen molar-refractivity contribution < 1.29 is 27.2 Å². The molecule has 1 aromatic heterocycles. The Kier molecular flexibility index (Phi) is 8.40. The van der Waals surface area contributed by atoms with Crippen LogP contribution in [0.4, 0.5) is 34.9 Å². The molecule has 0 saturated carbocycles. The molecule has 3 aliphatic heterocycles. The number of nitrogens with one attached hydrogen (secondary N) is 2. The SMILES string of the molecule is C[C@@H]1CN(c2cc(F)c(C3=CCN(c4ncccn4)CC3)cc2NC(=O)C2CNC(=O)CC2C(F)(F)F)C[C@H](C)N1C. The maximum atomic E-state index is 15.8. The van der Waals surface area contributed by atoms with Crippen molar-refractivity contribution in [2.24, 2.45) is 11.8 Å². The molecule has 226 valence electrons. The van der Waals surface area contributed by atoms with Gasteiger partial charge in [0.15, 0.2) is 0 Å². The van der Waals surface area contributed by atoms with Crippen molar-refractivity contribution in [2.45, 2.75) is 44.9 Å². The third-order valence-electron chi connectivity index (χ3n) is 8.60. The van der Waals surface area contributed by atoms with E-state index in [1.165, 1.54) is 12.1 Å². The van der Waals surface area contributed by atoms with E-state index in [0.717, 1.165) is 5.57 Å². The monoisotopic (exact) mass is 589 g/mol. The fourth-order valence-corrected chi connectivity index (χ4v) is 5.95. The number of hydrogen-bond acceptors (Lipinski definition) is 7. The highest BCUT2D eigenvalue weighted by Crippen LogP contribution is 2.39. The summed E-state index contributed by atoms with van der Waals surface area (Å²) in [5.74, 6) is -5.14. The molecule has 2 N–H and O–H groups in total. The Labute approximate surface area is 242 Å². The first-order valence-corrected chi connectivity index (χ1v) is 14.1. The Bertz CT molecular complexity index is 1340. The van der Waals surface area contributed by atoms with Crippen molar-refractivity contribution in [2.75, 3.05) is 54.9 Å². The van der Waals surface area contributed by atoms with Gasteiger partial charge in [0.1, 0.15) is 5.82 Å². The molecule has 42 heavy (non-hydrogen) atoms. The number of aromatic nitrogens is 2. The number of likely N-dealkylation sites (N-methyl/N-ethyl adjacent to an activating group) is 1. The number of carbonyl (C=O) groups is 2. The molecule has 2 unspecified atom stereocenters. The van der Waals surface area contributed by atoms with Crippen LogP contribution in [0.2, 0.25) is 0 Å². The molecule has 0 aliphatic carbocycles. The van der Waals surface area contributed by atoms with Crippen LogP contribution in [0.15, 0.2) is 36.7 Å². The summed E-state index contributed by atoms with van der Waals surface area (Å²) in [4.78, 5) is 39.8. The van der Waals surface area contributed by atoms with Crippen LogP contribution in [-0.2, 0) is 9.59 Å². The molecular formula is C29H35F4N7O2. The van der Waals surface area contributed by atoms with Crippen molar-refractivity contribution in [3.8, 4) is 0 Å². The molecular weight excluding hydrogens is 554 g/mol. The summed E-state index contributed by atoms with van der Waals surface area (Å²) in [5, 5.41) is 5.09. The molecule has 2 saturated heterocycles. The number of carbonyl (C=O) groups excluding carboxylic acids is 2. The summed E-state index contributed by atoms with van der Waals surface area (Å²) in [7, 11) is 2.01. The topological polar surface area (TPSA) is 93.7 Å². The minimum Gasteiger partial charge on any atom is -0.367 e. The molecule has 0 spiro atoms. The Balaban J connectivity index is 1.48. The highest BCUT2D eigenvalue weighted by Gasteiger charge is 2.50. The number of alkyl halides is 3. The van der Waals surface area contributed by atoms with E-state index in [-0.39, 0.29) is 23.3 Å². The maximum Gasteiger partial charge on any atom is 0.393 e. The van der Waals surface area contributed by atoms with Gasteiger partial charge < -0.3 is 20.4 Å². The maximum absolute atomic E-state index is 15.8. The third kappa shape index (κ3) is 6.20. The second kappa shape index (κ2) is 11.9. The summed E-state index contributed by atoms with van der Waals surface area (Å²) in [6.07, 6.45) is 0.118. The molecule has 0 radical (unpaired) electrons. The van der Waals surface area contributed by atoms with Gasteiger partial charge in [-0.25, -0.2) is 14.4 Å². The summed E-state index contributed by atoms with van der Waals surface area (Å²) >= 11 is 0. The van der Waals surface area contributed by atoms with Crippen LogP contribution in [-0.4, -0.2) is 84.7 Å². The lowest BCUT2D eigenvalue weighted by atomic mass is 9.84. The summed E-state index contributed by atoms with van der Waals surface area (Å²) in [5.41, 5.74) is 1.66. The third-order valence-corrected chi connectivity index (χ3v) is 8.60. The van der Waals surface area contributed by atoms with E-state index in [1.54, 1.807) is 18.5 Å². The molecule has 1 aromatic carbocycles. The number of halogens is 4. The van der Waals surface area contributed by atoms with Gasteiger partial charge in [-0.1, -0.05) is 6.08 Å². The first-order valence-electron chi connectivity index (χ1n) is 14.1.